The molecule has 1 rings (SSSR count). The van der Waals surface area contributed by atoms with Gasteiger partial charge in [0, 0.05) is 22.5 Å². The van der Waals surface area contributed by atoms with Gasteiger partial charge in [-0.2, -0.15) is 0 Å². The summed E-state index contributed by atoms with van der Waals surface area (Å²) in [5.74, 6) is 0.679. The highest BCUT2D eigenvalue weighted by Crippen LogP contribution is 2.38. The average molecular weight is 251 g/mol. The quantitative estimate of drug-likeness (QED) is 0.708. The van der Waals surface area contributed by atoms with Crippen molar-refractivity contribution in [2.45, 2.75) is 20.8 Å². The van der Waals surface area contributed by atoms with Crippen LogP contribution in [-0.2, 0) is 13.8 Å². The zero-order valence-corrected chi connectivity index (χ0v) is 10.8. The molecular formula is C10H15ClO3S. The zero-order chi connectivity index (χ0) is 11.8. The molecule has 0 bridgehead atoms. The van der Waals surface area contributed by atoms with Gasteiger partial charge in [-0.3, -0.25) is 0 Å². The van der Waals surface area contributed by atoms with Crippen molar-refractivity contribution >= 4 is 19.7 Å². The van der Waals surface area contributed by atoms with Gasteiger partial charge in [0.1, 0.15) is 0 Å². The molecule has 0 aromatic rings. The maximum Gasteiger partial charge on any atom is 0.258 e. The zero-order valence-electron chi connectivity index (χ0n) is 9.24. The molecule has 0 aromatic heterocycles. The van der Waals surface area contributed by atoms with Crippen LogP contribution in [0.5, 0.6) is 0 Å². The Morgan fingerprint density at radius 2 is 1.87 bits per heavy atom. The lowest BCUT2D eigenvalue weighted by Crippen LogP contribution is -2.22. The molecule has 0 saturated heterocycles. The Labute approximate surface area is 95.2 Å². The first-order valence-electron chi connectivity index (χ1n) is 4.70. The van der Waals surface area contributed by atoms with E-state index in [9.17, 15) is 8.42 Å². The van der Waals surface area contributed by atoms with E-state index in [1.165, 1.54) is 0 Å². The molecule has 0 N–H and O–H groups in total. The van der Waals surface area contributed by atoms with E-state index in [1.54, 1.807) is 20.1 Å². The van der Waals surface area contributed by atoms with E-state index in [1.807, 2.05) is 13.8 Å². The molecule has 0 amide bonds. The fourth-order valence-corrected chi connectivity index (χ4v) is 3.79. The third kappa shape index (κ3) is 2.37. The molecule has 0 saturated carbocycles. The standard InChI is InChI=1S/C10H15ClO3S/c1-6-5-9(14-4)7(2)8(3)10(6)15(11,12)13/h5,7-8H,1-4H3. The van der Waals surface area contributed by atoms with Gasteiger partial charge in [-0.05, 0) is 18.6 Å². The maximum atomic E-state index is 11.4. The summed E-state index contributed by atoms with van der Waals surface area (Å²) in [6.07, 6.45) is 1.74. The molecule has 0 heterocycles. The van der Waals surface area contributed by atoms with Crippen LogP contribution in [0.2, 0.25) is 0 Å². The van der Waals surface area contributed by atoms with E-state index in [4.69, 9.17) is 15.4 Å². The molecular weight excluding hydrogens is 236 g/mol. The Morgan fingerprint density at radius 3 is 2.27 bits per heavy atom. The third-order valence-electron chi connectivity index (χ3n) is 2.86. The first-order chi connectivity index (χ1) is 6.79. The van der Waals surface area contributed by atoms with E-state index >= 15 is 0 Å². The minimum atomic E-state index is -3.64. The highest BCUT2D eigenvalue weighted by Gasteiger charge is 2.33. The van der Waals surface area contributed by atoms with Gasteiger partial charge in [0.15, 0.2) is 0 Å². The molecule has 2 unspecified atom stereocenters. The van der Waals surface area contributed by atoms with Crippen LogP contribution in [0.15, 0.2) is 22.3 Å². The molecule has 5 heteroatoms. The number of allylic oxidation sites excluding steroid dienone is 4. The van der Waals surface area contributed by atoms with Crippen molar-refractivity contribution in [2.75, 3.05) is 7.11 Å². The SMILES string of the molecule is COC1=CC(C)=C(S(=O)(=O)Cl)C(C)C1C. The summed E-state index contributed by atoms with van der Waals surface area (Å²) in [6.45, 7) is 5.50. The summed E-state index contributed by atoms with van der Waals surface area (Å²) in [5, 5.41) is 0. The molecule has 15 heavy (non-hydrogen) atoms. The largest absolute Gasteiger partial charge is 0.501 e. The van der Waals surface area contributed by atoms with Gasteiger partial charge in [0.25, 0.3) is 9.05 Å². The van der Waals surface area contributed by atoms with Crippen molar-refractivity contribution in [3.8, 4) is 0 Å². The van der Waals surface area contributed by atoms with Gasteiger partial charge in [-0.1, -0.05) is 13.8 Å². The fourth-order valence-electron chi connectivity index (χ4n) is 1.91. The summed E-state index contributed by atoms with van der Waals surface area (Å²) >= 11 is 0. The van der Waals surface area contributed by atoms with Gasteiger partial charge in [-0.15, -0.1) is 0 Å². The molecule has 3 nitrogen and oxygen atoms in total. The second kappa shape index (κ2) is 4.18. The van der Waals surface area contributed by atoms with E-state index in [0.717, 1.165) is 5.76 Å². The van der Waals surface area contributed by atoms with Crippen molar-refractivity contribution in [1.29, 1.82) is 0 Å². The lowest BCUT2D eigenvalue weighted by atomic mass is 9.87. The van der Waals surface area contributed by atoms with Crippen LogP contribution in [0.4, 0.5) is 0 Å². The van der Waals surface area contributed by atoms with Crippen molar-refractivity contribution in [3.05, 3.63) is 22.3 Å². The molecule has 86 valence electrons. The maximum absolute atomic E-state index is 11.4. The first-order valence-corrected chi connectivity index (χ1v) is 7.01. The molecule has 0 radical (unpaired) electrons. The van der Waals surface area contributed by atoms with Gasteiger partial charge < -0.3 is 4.74 Å². The Morgan fingerprint density at radius 1 is 1.33 bits per heavy atom. The van der Waals surface area contributed by atoms with Gasteiger partial charge >= 0.3 is 0 Å². The highest BCUT2D eigenvalue weighted by atomic mass is 35.7. The van der Waals surface area contributed by atoms with Crippen LogP contribution in [0.1, 0.15) is 20.8 Å². The van der Waals surface area contributed by atoms with Crippen molar-refractivity contribution in [1.82, 2.24) is 0 Å². The fraction of sp³-hybridized carbons (Fsp3) is 0.600. The summed E-state index contributed by atoms with van der Waals surface area (Å²) in [5.41, 5.74) is 0.660. The Bertz CT molecular complexity index is 420. The average Bonchev–Trinajstić information content (AvgIpc) is 2.09. The van der Waals surface area contributed by atoms with Crippen molar-refractivity contribution in [2.24, 2.45) is 11.8 Å². The number of ether oxygens (including phenoxy) is 1. The minimum Gasteiger partial charge on any atom is -0.501 e. The predicted molar refractivity (Wildman–Crippen MR) is 60.9 cm³/mol. The molecule has 0 aliphatic heterocycles. The number of hydrogen-bond acceptors (Lipinski definition) is 3. The van der Waals surface area contributed by atoms with E-state index in [2.05, 4.69) is 0 Å². The van der Waals surface area contributed by atoms with Gasteiger partial charge in [-0.25, -0.2) is 8.42 Å². The number of hydrogen-bond donors (Lipinski definition) is 0. The van der Waals surface area contributed by atoms with Crippen LogP contribution >= 0.6 is 10.7 Å². The Balaban J connectivity index is 3.33. The summed E-state index contributed by atoms with van der Waals surface area (Å²) in [7, 11) is 3.35. The van der Waals surface area contributed by atoms with Crippen molar-refractivity contribution in [3.63, 3.8) is 0 Å². The number of rotatable bonds is 2. The first kappa shape index (κ1) is 12.6. The van der Waals surface area contributed by atoms with Crippen molar-refractivity contribution < 1.29 is 13.2 Å². The van der Waals surface area contributed by atoms with Crippen LogP contribution in [0.3, 0.4) is 0 Å². The van der Waals surface area contributed by atoms with Crippen LogP contribution < -0.4 is 0 Å². The highest BCUT2D eigenvalue weighted by molar-refractivity contribution is 8.16. The lowest BCUT2D eigenvalue weighted by molar-refractivity contribution is 0.226. The van der Waals surface area contributed by atoms with Gasteiger partial charge in [0.05, 0.1) is 17.8 Å². The van der Waals surface area contributed by atoms with E-state index in [-0.39, 0.29) is 11.8 Å². The Hall–Kier alpha value is -0.480. The smallest absolute Gasteiger partial charge is 0.258 e. The second-order valence-corrected chi connectivity index (χ2v) is 6.35. The third-order valence-corrected chi connectivity index (χ3v) is 4.58. The van der Waals surface area contributed by atoms with E-state index in [0.29, 0.717) is 10.5 Å². The van der Waals surface area contributed by atoms with E-state index < -0.39 is 9.05 Å². The monoisotopic (exact) mass is 250 g/mol. The molecule has 0 aromatic carbocycles. The summed E-state index contributed by atoms with van der Waals surface area (Å²) in [6, 6.07) is 0. The summed E-state index contributed by atoms with van der Waals surface area (Å²) in [4.78, 5) is 0.303. The molecule has 2 atom stereocenters. The number of halogens is 1. The topological polar surface area (TPSA) is 43.4 Å². The minimum absolute atomic E-state index is 0.0298. The second-order valence-electron chi connectivity index (χ2n) is 3.81. The Kier molecular flexibility index (Phi) is 3.51. The van der Waals surface area contributed by atoms with Crippen LogP contribution in [0, 0.1) is 11.8 Å². The van der Waals surface area contributed by atoms with Crippen LogP contribution in [-0.4, -0.2) is 15.5 Å². The van der Waals surface area contributed by atoms with Crippen LogP contribution in [0.25, 0.3) is 0 Å². The van der Waals surface area contributed by atoms with Gasteiger partial charge in [0.2, 0.25) is 0 Å². The molecule has 0 fully saturated rings. The lowest BCUT2D eigenvalue weighted by Gasteiger charge is -2.28. The predicted octanol–water partition coefficient (Wildman–Crippen LogP) is 2.65. The summed E-state index contributed by atoms with van der Waals surface area (Å²) < 4.78 is 28.0. The normalized spacial score (nSPS) is 27.7. The molecule has 1 aliphatic rings. The molecule has 1 aliphatic carbocycles. The molecule has 0 spiro atoms. The number of methoxy groups -OCH3 is 1.